The van der Waals surface area contributed by atoms with Gasteiger partial charge >= 0.3 is 0 Å². The lowest BCUT2D eigenvalue weighted by Gasteiger charge is -2.16. The first-order valence-electron chi connectivity index (χ1n) is 9.37. The van der Waals surface area contributed by atoms with Crippen LogP contribution in [0.25, 0.3) is 11.6 Å². The number of methoxy groups -OCH3 is 1. The third kappa shape index (κ3) is 3.58. The number of para-hydroxylation sites is 1. The summed E-state index contributed by atoms with van der Waals surface area (Å²) >= 11 is 0. The molecule has 28 heavy (non-hydrogen) atoms. The summed E-state index contributed by atoms with van der Waals surface area (Å²) in [7, 11) is 1.55. The van der Waals surface area contributed by atoms with Crippen LogP contribution < -0.4 is 14.8 Å². The van der Waals surface area contributed by atoms with Crippen LogP contribution in [0, 0.1) is 0 Å². The fourth-order valence-corrected chi connectivity index (χ4v) is 3.54. The van der Waals surface area contributed by atoms with Gasteiger partial charge in [0.15, 0.2) is 18.1 Å². The number of anilines is 1. The number of ether oxygens (including phenoxy) is 2. The molecule has 0 saturated carbocycles. The highest BCUT2D eigenvalue weighted by atomic mass is 16.5. The van der Waals surface area contributed by atoms with Gasteiger partial charge in [-0.2, -0.15) is 0 Å². The summed E-state index contributed by atoms with van der Waals surface area (Å²) < 4.78 is 11.1. The van der Waals surface area contributed by atoms with Gasteiger partial charge < -0.3 is 19.7 Å². The van der Waals surface area contributed by atoms with Crippen molar-refractivity contribution in [2.24, 2.45) is 0 Å². The van der Waals surface area contributed by atoms with Crippen molar-refractivity contribution in [3.63, 3.8) is 0 Å². The van der Waals surface area contributed by atoms with E-state index in [-0.39, 0.29) is 18.4 Å². The van der Waals surface area contributed by atoms with Crippen LogP contribution in [0.2, 0.25) is 0 Å². The number of rotatable bonds is 5. The molecule has 0 spiro atoms. The quantitative estimate of drug-likeness (QED) is 0.812. The van der Waals surface area contributed by atoms with E-state index in [0.717, 1.165) is 42.7 Å². The number of carbonyl (C=O) groups excluding carboxylic acids is 2. The van der Waals surface area contributed by atoms with E-state index < -0.39 is 0 Å². The molecule has 2 amide bonds. The first-order valence-corrected chi connectivity index (χ1v) is 9.37. The van der Waals surface area contributed by atoms with E-state index in [0.29, 0.717) is 17.1 Å². The van der Waals surface area contributed by atoms with E-state index in [1.165, 1.54) is 0 Å². The van der Waals surface area contributed by atoms with Crippen molar-refractivity contribution in [1.29, 1.82) is 0 Å². The summed E-state index contributed by atoms with van der Waals surface area (Å²) in [6.07, 6.45) is 3.92. The monoisotopic (exact) mass is 378 g/mol. The van der Waals surface area contributed by atoms with Crippen LogP contribution in [0.15, 0.2) is 42.5 Å². The molecule has 6 heteroatoms. The Morgan fingerprint density at radius 2 is 1.93 bits per heavy atom. The second kappa shape index (κ2) is 7.76. The van der Waals surface area contributed by atoms with E-state index >= 15 is 0 Å². The molecule has 0 unspecified atom stereocenters. The number of nitrogens with one attached hydrogen (secondary N) is 1. The molecule has 2 heterocycles. The molecule has 0 aromatic heterocycles. The average molecular weight is 378 g/mol. The Balaban J connectivity index is 1.52. The third-order valence-corrected chi connectivity index (χ3v) is 5.02. The van der Waals surface area contributed by atoms with Crippen molar-refractivity contribution in [1.82, 2.24) is 4.90 Å². The molecule has 1 N–H and O–H groups in total. The smallest absolute Gasteiger partial charge is 0.260 e. The molecule has 1 saturated heterocycles. The van der Waals surface area contributed by atoms with E-state index in [1.807, 2.05) is 41.3 Å². The highest BCUT2D eigenvalue weighted by Gasteiger charge is 2.23. The van der Waals surface area contributed by atoms with Crippen molar-refractivity contribution in [2.45, 2.75) is 12.8 Å². The van der Waals surface area contributed by atoms with Gasteiger partial charge in [0, 0.05) is 29.9 Å². The van der Waals surface area contributed by atoms with Gasteiger partial charge in [-0.1, -0.05) is 24.3 Å². The first-order chi connectivity index (χ1) is 13.7. The largest absolute Gasteiger partial charge is 0.493 e. The number of nitrogens with zero attached hydrogens (tertiary/aromatic N) is 1. The van der Waals surface area contributed by atoms with Crippen molar-refractivity contribution < 1.29 is 19.1 Å². The molecule has 2 aliphatic heterocycles. The van der Waals surface area contributed by atoms with Gasteiger partial charge in [0.2, 0.25) is 0 Å². The lowest BCUT2D eigenvalue weighted by molar-refractivity contribution is -0.132. The number of amides is 2. The Bertz CT molecular complexity index is 945. The fraction of sp³-hybridized carbons (Fsp3) is 0.273. The minimum Gasteiger partial charge on any atom is -0.493 e. The fourth-order valence-electron chi connectivity index (χ4n) is 3.54. The summed E-state index contributed by atoms with van der Waals surface area (Å²) in [5, 5.41) is 2.86. The maximum absolute atomic E-state index is 12.3. The highest BCUT2D eigenvalue weighted by Crippen LogP contribution is 2.34. The van der Waals surface area contributed by atoms with Crippen LogP contribution in [-0.2, 0) is 9.59 Å². The molecule has 6 nitrogen and oxygen atoms in total. The van der Waals surface area contributed by atoms with Gasteiger partial charge in [0.25, 0.3) is 11.8 Å². The average Bonchev–Trinajstić information content (AvgIpc) is 3.35. The summed E-state index contributed by atoms with van der Waals surface area (Å²) in [6, 6.07) is 13.0. The lowest BCUT2D eigenvalue weighted by atomic mass is 10.0. The second-order valence-electron chi connectivity index (χ2n) is 6.84. The molecule has 2 aromatic carbocycles. The highest BCUT2D eigenvalue weighted by molar-refractivity contribution is 6.34. The Morgan fingerprint density at radius 3 is 2.71 bits per heavy atom. The SMILES string of the molecule is COc1cc(/C=C2/C(=O)Nc3ccccc32)ccc1OCC(=O)N1CCCC1. The molecular weight excluding hydrogens is 356 g/mol. The Hall–Kier alpha value is -3.28. The van der Waals surface area contributed by atoms with Crippen molar-refractivity contribution >= 4 is 29.2 Å². The van der Waals surface area contributed by atoms with Crippen LogP contribution in [-0.4, -0.2) is 43.5 Å². The molecule has 144 valence electrons. The van der Waals surface area contributed by atoms with Crippen molar-refractivity contribution in [3.05, 3.63) is 53.6 Å². The third-order valence-electron chi connectivity index (χ3n) is 5.02. The summed E-state index contributed by atoms with van der Waals surface area (Å²) in [4.78, 5) is 26.3. The lowest BCUT2D eigenvalue weighted by Crippen LogP contribution is -2.32. The van der Waals surface area contributed by atoms with Crippen molar-refractivity contribution in [3.8, 4) is 11.5 Å². The van der Waals surface area contributed by atoms with E-state index in [2.05, 4.69) is 5.32 Å². The van der Waals surface area contributed by atoms with Crippen LogP contribution in [0.3, 0.4) is 0 Å². The van der Waals surface area contributed by atoms with Crippen LogP contribution in [0.4, 0.5) is 5.69 Å². The van der Waals surface area contributed by atoms with Gasteiger partial charge in [0.05, 0.1) is 7.11 Å². The molecule has 0 aliphatic carbocycles. The van der Waals surface area contributed by atoms with Crippen LogP contribution in [0.1, 0.15) is 24.0 Å². The predicted molar refractivity (Wildman–Crippen MR) is 107 cm³/mol. The Morgan fingerprint density at radius 1 is 1.14 bits per heavy atom. The van der Waals surface area contributed by atoms with Gasteiger partial charge in [0.1, 0.15) is 0 Å². The van der Waals surface area contributed by atoms with Gasteiger partial charge in [-0.15, -0.1) is 0 Å². The molecule has 2 aromatic rings. The molecule has 4 rings (SSSR count). The zero-order valence-electron chi connectivity index (χ0n) is 15.7. The minimum absolute atomic E-state index is 0.00736. The maximum atomic E-state index is 12.3. The number of fused-ring (bicyclic) bond motifs is 1. The Kier molecular flexibility index (Phi) is 5.02. The van der Waals surface area contributed by atoms with E-state index in [9.17, 15) is 9.59 Å². The topological polar surface area (TPSA) is 67.9 Å². The Labute approximate surface area is 163 Å². The molecule has 2 aliphatic rings. The molecule has 0 radical (unpaired) electrons. The zero-order chi connectivity index (χ0) is 19.5. The van der Waals surface area contributed by atoms with Gasteiger partial charge in [-0.3, -0.25) is 9.59 Å². The standard InChI is InChI=1S/C22H22N2O4/c1-27-20-13-15(12-17-16-6-2-3-7-18(16)23-22(17)26)8-9-19(20)28-14-21(25)24-10-4-5-11-24/h2-3,6-9,12-13H,4-5,10-11,14H2,1H3,(H,23,26)/b17-12+. The summed E-state index contributed by atoms with van der Waals surface area (Å²) in [5.41, 5.74) is 3.11. The molecule has 0 atom stereocenters. The molecular formula is C22H22N2O4. The van der Waals surface area contributed by atoms with Gasteiger partial charge in [-0.05, 0) is 42.7 Å². The summed E-state index contributed by atoms with van der Waals surface area (Å²) in [6.45, 7) is 1.59. The van der Waals surface area contributed by atoms with Crippen LogP contribution >= 0.6 is 0 Å². The van der Waals surface area contributed by atoms with Crippen LogP contribution in [0.5, 0.6) is 11.5 Å². The van der Waals surface area contributed by atoms with E-state index in [4.69, 9.17) is 9.47 Å². The number of likely N-dealkylation sites (tertiary alicyclic amines) is 1. The number of hydrogen-bond acceptors (Lipinski definition) is 4. The normalized spacial score (nSPS) is 16.8. The van der Waals surface area contributed by atoms with E-state index in [1.54, 1.807) is 19.2 Å². The summed E-state index contributed by atoms with van der Waals surface area (Å²) in [5.74, 6) is 0.894. The minimum atomic E-state index is -0.128. The number of carbonyl (C=O) groups is 2. The molecule has 0 bridgehead atoms. The predicted octanol–water partition coefficient (Wildman–Crippen LogP) is 3.19. The van der Waals surface area contributed by atoms with Crippen molar-refractivity contribution in [2.75, 3.05) is 32.1 Å². The first kappa shape index (κ1) is 18.1. The maximum Gasteiger partial charge on any atom is 0.260 e. The second-order valence-corrected chi connectivity index (χ2v) is 6.84. The number of hydrogen-bond donors (Lipinski definition) is 1. The molecule has 1 fully saturated rings. The zero-order valence-corrected chi connectivity index (χ0v) is 15.7. The number of benzene rings is 2. The van der Waals surface area contributed by atoms with Gasteiger partial charge in [-0.25, -0.2) is 0 Å².